The molecule has 0 aliphatic carbocycles. The highest BCUT2D eigenvalue weighted by molar-refractivity contribution is 9.10. The maximum Gasteiger partial charge on any atom is 0.241 e. The minimum atomic E-state index is -3.72. The van der Waals surface area contributed by atoms with E-state index in [0.29, 0.717) is 24.0 Å². The first kappa shape index (κ1) is 20.7. The topological polar surface area (TPSA) is 69.6 Å². The second kappa shape index (κ2) is 8.57. The van der Waals surface area contributed by atoms with Gasteiger partial charge >= 0.3 is 0 Å². The van der Waals surface area contributed by atoms with Crippen LogP contribution in [0, 0.1) is 0 Å². The summed E-state index contributed by atoms with van der Waals surface area (Å²) in [5, 5.41) is 11.9. The number of nitrogens with one attached hydrogen (secondary N) is 1. The summed E-state index contributed by atoms with van der Waals surface area (Å²) >= 11 is 3.47. The van der Waals surface area contributed by atoms with Crippen molar-refractivity contribution in [3.05, 3.63) is 40.9 Å². The van der Waals surface area contributed by atoms with Crippen molar-refractivity contribution in [3.8, 4) is 0 Å². The zero-order chi connectivity index (χ0) is 19.6. The highest BCUT2D eigenvalue weighted by atomic mass is 79.9. The highest BCUT2D eigenvalue weighted by Gasteiger charge is 2.27. The molecule has 7 heteroatoms. The standard InChI is InChI=1S/C20H27BrN2O3S/c1-14-6-5-7-15(2)23(14)13-16(24)12-22-27(25,26)20-11-10-19(21)17-8-3-4-9-18(17)20/h3-4,8-11,14-16,22,24H,5-7,12-13H2,1-2H3/t14-,15?,16-/m0/s1. The van der Waals surface area contributed by atoms with Gasteiger partial charge in [0.05, 0.1) is 11.0 Å². The largest absolute Gasteiger partial charge is 0.390 e. The summed E-state index contributed by atoms with van der Waals surface area (Å²) in [5.74, 6) is 0. The zero-order valence-electron chi connectivity index (χ0n) is 15.7. The van der Waals surface area contributed by atoms with Gasteiger partial charge in [-0.3, -0.25) is 4.90 Å². The summed E-state index contributed by atoms with van der Waals surface area (Å²) < 4.78 is 29.1. The second-order valence-electron chi connectivity index (χ2n) is 7.42. The third-order valence-electron chi connectivity index (χ3n) is 5.43. The number of sulfonamides is 1. The first-order valence-corrected chi connectivity index (χ1v) is 11.7. The molecule has 1 heterocycles. The number of nitrogens with zero attached hydrogens (tertiary/aromatic N) is 1. The first-order chi connectivity index (χ1) is 12.8. The Morgan fingerprint density at radius 3 is 2.44 bits per heavy atom. The van der Waals surface area contributed by atoms with Gasteiger partial charge in [-0.15, -0.1) is 0 Å². The first-order valence-electron chi connectivity index (χ1n) is 9.40. The summed E-state index contributed by atoms with van der Waals surface area (Å²) in [6.45, 7) is 4.82. The number of rotatable bonds is 6. The lowest BCUT2D eigenvalue weighted by atomic mass is 9.97. The van der Waals surface area contributed by atoms with Crippen LogP contribution >= 0.6 is 15.9 Å². The van der Waals surface area contributed by atoms with Gasteiger partial charge in [-0.05, 0) is 44.2 Å². The SMILES string of the molecule is CC1CCC[C@H](C)N1C[C@@H](O)CNS(=O)(=O)c1ccc(Br)c2ccccc12. The van der Waals surface area contributed by atoms with E-state index in [1.165, 1.54) is 6.42 Å². The Hall–Kier alpha value is -0.990. The molecule has 5 nitrogen and oxygen atoms in total. The van der Waals surface area contributed by atoms with Crippen LogP contribution in [0.25, 0.3) is 10.8 Å². The Morgan fingerprint density at radius 2 is 1.78 bits per heavy atom. The van der Waals surface area contributed by atoms with Crippen LogP contribution in [-0.2, 0) is 10.0 Å². The molecule has 3 atom stereocenters. The van der Waals surface area contributed by atoms with Crippen molar-refractivity contribution in [2.45, 2.75) is 56.2 Å². The van der Waals surface area contributed by atoms with Gasteiger partial charge in [0.25, 0.3) is 0 Å². The molecule has 1 fully saturated rings. The summed E-state index contributed by atoms with van der Waals surface area (Å²) in [5.41, 5.74) is 0. The molecule has 27 heavy (non-hydrogen) atoms. The van der Waals surface area contributed by atoms with Crippen molar-refractivity contribution in [2.75, 3.05) is 13.1 Å². The van der Waals surface area contributed by atoms with E-state index in [4.69, 9.17) is 0 Å². The third-order valence-corrected chi connectivity index (χ3v) is 7.60. The van der Waals surface area contributed by atoms with Crippen LogP contribution in [-0.4, -0.2) is 49.7 Å². The van der Waals surface area contributed by atoms with Crippen molar-refractivity contribution in [3.63, 3.8) is 0 Å². The third kappa shape index (κ3) is 4.71. The molecule has 0 aromatic heterocycles. The van der Waals surface area contributed by atoms with Crippen LogP contribution < -0.4 is 4.72 Å². The number of hydrogen-bond acceptors (Lipinski definition) is 4. The normalized spacial score (nSPS) is 22.8. The molecule has 0 spiro atoms. The molecule has 148 valence electrons. The minimum absolute atomic E-state index is 0.00264. The minimum Gasteiger partial charge on any atom is -0.390 e. The molecule has 1 aliphatic heterocycles. The van der Waals surface area contributed by atoms with Crippen LogP contribution in [0.1, 0.15) is 33.1 Å². The molecule has 2 aromatic carbocycles. The van der Waals surface area contributed by atoms with Crippen molar-refractivity contribution >= 4 is 36.7 Å². The van der Waals surface area contributed by atoms with Crippen LogP contribution in [0.15, 0.2) is 45.8 Å². The van der Waals surface area contributed by atoms with Gasteiger partial charge in [-0.25, -0.2) is 13.1 Å². The fourth-order valence-corrected chi connectivity index (χ4v) is 5.66. The maximum absolute atomic E-state index is 12.8. The summed E-state index contributed by atoms with van der Waals surface area (Å²) in [6.07, 6.45) is 2.70. The lowest BCUT2D eigenvalue weighted by molar-refractivity contribution is 0.0438. The Balaban J connectivity index is 1.71. The monoisotopic (exact) mass is 454 g/mol. The van der Waals surface area contributed by atoms with E-state index in [-0.39, 0.29) is 11.4 Å². The van der Waals surface area contributed by atoms with Crippen molar-refractivity contribution < 1.29 is 13.5 Å². The van der Waals surface area contributed by atoms with Crippen LogP contribution in [0.5, 0.6) is 0 Å². The van der Waals surface area contributed by atoms with E-state index >= 15 is 0 Å². The van der Waals surface area contributed by atoms with Crippen LogP contribution in [0.4, 0.5) is 0 Å². The molecule has 0 amide bonds. The van der Waals surface area contributed by atoms with Crippen molar-refractivity contribution in [1.82, 2.24) is 9.62 Å². The van der Waals surface area contributed by atoms with Gasteiger partial charge in [0.2, 0.25) is 10.0 Å². The van der Waals surface area contributed by atoms with Crippen LogP contribution in [0.3, 0.4) is 0 Å². The molecule has 0 radical (unpaired) electrons. The smallest absolute Gasteiger partial charge is 0.241 e. The molecular formula is C20H27BrN2O3S. The Bertz CT molecular complexity index is 893. The number of aliphatic hydroxyl groups excluding tert-OH is 1. The number of fused-ring (bicyclic) bond motifs is 1. The number of halogens is 1. The van der Waals surface area contributed by atoms with E-state index in [2.05, 4.69) is 39.4 Å². The number of piperidine rings is 1. The number of benzene rings is 2. The van der Waals surface area contributed by atoms with Gasteiger partial charge in [0, 0.05) is 35.0 Å². The van der Waals surface area contributed by atoms with E-state index in [1.807, 2.05) is 18.2 Å². The van der Waals surface area contributed by atoms with E-state index in [0.717, 1.165) is 22.7 Å². The van der Waals surface area contributed by atoms with Crippen molar-refractivity contribution in [2.24, 2.45) is 0 Å². The van der Waals surface area contributed by atoms with Gasteiger partial charge in [0.1, 0.15) is 0 Å². The fraction of sp³-hybridized carbons (Fsp3) is 0.500. The Kier molecular flexibility index (Phi) is 6.58. The van der Waals surface area contributed by atoms with Crippen molar-refractivity contribution in [1.29, 1.82) is 0 Å². The van der Waals surface area contributed by atoms with Gasteiger partial charge in [-0.1, -0.05) is 46.6 Å². The molecule has 0 bridgehead atoms. The second-order valence-corrected chi connectivity index (χ2v) is 10.0. The maximum atomic E-state index is 12.8. The van der Waals surface area contributed by atoms with Gasteiger partial charge in [0.15, 0.2) is 0 Å². The summed E-state index contributed by atoms with van der Waals surface area (Å²) in [4.78, 5) is 2.51. The molecule has 1 saturated heterocycles. The molecule has 3 rings (SSSR count). The molecular weight excluding hydrogens is 428 g/mol. The molecule has 2 aromatic rings. The highest BCUT2D eigenvalue weighted by Crippen LogP contribution is 2.29. The van der Waals surface area contributed by atoms with E-state index in [1.54, 1.807) is 18.2 Å². The molecule has 2 N–H and O–H groups in total. The number of likely N-dealkylation sites (tertiary alicyclic amines) is 1. The quantitative estimate of drug-likeness (QED) is 0.700. The molecule has 0 saturated carbocycles. The van der Waals surface area contributed by atoms with Crippen LogP contribution in [0.2, 0.25) is 0 Å². The lowest BCUT2D eigenvalue weighted by Gasteiger charge is -2.40. The summed E-state index contributed by atoms with van der Waals surface area (Å²) in [6, 6.07) is 11.5. The Labute approximate surface area is 169 Å². The number of hydrogen-bond donors (Lipinski definition) is 2. The Morgan fingerprint density at radius 1 is 1.15 bits per heavy atom. The zero-order valence-corrected chi connectivity index (χ0v) is 18.1. The predicted octanol–water partition coefficient (Wildman–Crippen LogP) is 3.50. The molecule has 1 aliphatic rings. The predicted molar refractivity (Wildman–Crippen MR) is 112 cm³/mol. The average Bonchev–Trinajstić information content (AvgIpc) is 2.63. The number of β-amino-alcohol motifs (C(OH)–C–C–N with tert-alkyl or cyclic N) is 1. The van der Waals surface area contributed by atoms with E-state index < -0.39 is 16.1 Å². The average molecular weight is 455 g/mol. The van der Waals surface area contributed by atoms with Gasteiger partial charge < -0.3 is 5.11 Å². The van der Waals surface area contributed by atoms with E-state index in [9.17, 15) is 13.5 Å². The lowest BCUT2D eigenvalue weighted by Crippen LogP contribution is -2.49. The summed E-state index contributed by atoms with van der Waals surface area (Å²) in [7, 11) is -3.72. The fourth-order valence-electron chi connectivity index (χ4n) is 3.90. The number of aliphatic hydroxyl groups is 1. The molecule has 1 unspecified atom stereocenters. The van der Waals surface area contributed by atoms with Gasteiger partial charge in [-0.2, -0.15) is 0 Å².